The number of benzodiazepines with no additional fused rings is 1. The lowest BCUT2D eigenvalue weighted by Crippen LogP contribution is -2.52. The topological polar surface area (TPSA) is 90.9 Å². The predicted octanol–water partition coefficient (Wildman–Crippen LogP) is 3.19. The summed E-state index contributed by atoms with van der Waals surface area (Å²) < 4.78 is 0. The van der Waals surface area contributed by atoms with Gasteiger partial charge >= 0.3 is 0 Å². The Morgan fingerprint density at radius 1 is 1.12 bits per heavy atom. The molecule has 0 bridgehead atoms. The van der Waals surface area contributed by atoms with E-state index in [1.807, 2.05) is 54.6 Å². The van der Waals surface area contributed by atoms with Crippen LogP contribution in [0.4, 0.5) is 5.69 Å². The molecule has 2 aliphatic rings. The summed E-state index contributed by atoms with van der Waals surface area (Å²) in [6.45, 7) is 1.62. The van der Waals surface area contributed by atoms with Crippen LogP contribution in [0.5, 0.6) is 0 Å². The Balaban J connectivity index is 1.50. The maximum Gasteiger partial charge on any atom is 0.272 e. The Morgan fingerprint density at radius 3 is 2.59 bits per heavy atom. The molecule has 0 saturated carbocycles. The molecule has 7 heteroatoms. The van der Waals surface area contributed by atoms with Crippen molar-refractivity contribution in [2.24, 2.45) is 10.9 Å². The molecule has 1 aliphatic carbocycles. The monoisotopic (exact) mass is 458 g/mol. The number of carbonyl (C=O) groups excluding carboxylic acids is 3. The summed E-state index contributed by atoms with van der Waals surface area (Å²) in [5.74, 6) is -0.546. The second-order valence-corrected chi connectivity index (χ2v) is 8.76. The molecule has 3 amide bonds. The minimum atomic E-state index is -1.11. The van der Waals surface area contributed by atoms with E-state index in [4.69, 9.17) is 0 Å². The van der Waals surface area contributed by atoms with Crippen molar-refractivity contribution >= 4 is 29.1 Å². The van der Waals surface area contributed by atoms with Gasteiger partial charge < -0.3 is 15.5 Å². The molecule has 4 rings (SSSR count). The highest BCUT2D eigenvalue weighted by Gasteiger charge is 2.32. The van der Waals surface area contributed by atoms with Crippen molar-refractivity contribution < 1.29 is 14.4 Å². The molecule has 2 N–H and O–H groups in total. The number of anilines is 1. The first-order valence-corrected chi connectivity index (χ1v) is 11.7. The van der Waals surface area contributed by atoms with Crippen LogP contribution in [0.25, 0.3) is 0 Å². The van der Waals surface area contributed by atoms with Gasteiger partial charge in [0.05, 0.1) is 11.4 Å². The normalized spacial score (nSPS) is 20.2. The SMILES string of the molecule is C[C@H](NC(=O)CCC1C=CCC1)C(=O)N[C@H]1N=C(c2ccccc2)c2ccccc2N(C)C1=O. The number of benzene rings is 2. The number of fused-ring (bicyclic) bond motifs is 1. The first kappa shape index (κ1) is 23.4. The van der Waals surface area contributed by atoms with Gasteiger partial charge in [0.25, 0.3) is 5.91 Å². The minimum absolute atomic E-state index is 0.173. The van der Waals surface area contributed by atoms with Crippen LogP contribution in [0, 0.1) is 5.92 Å². The lowest BCUT2D eigenvalue weighted by molar-refractivity contribution is -0.131. The van der Waals surface area contributed by atoms with Crippen LogP contribution in [0.1, 0.15) is 43.7 Å². The molecule has 0 saturated heterocycles. The van der Waals surface area contributed by atoms with Crippen LogP contribution >= 0.6 is 0 Å². The number of carbonyl (C=O) groups is 3. The zero-order valence-electron chi connectivity index (χ0n) is 19.5. The van der Waals surface area contributed by atoms with E-state index in [0.717, 1.165) is 30.4 Å². The van der Waals surface area contributed by atoms with Gasteiger partial charge in [-0.3, -0.25) is 14.4 Å². The number of nitrogens with one attached hydrogen (secondary N) is 2. The van der Waals surface area contributed by atoms with Gasteiger partial charge in [-0.15, -0.1) is 0 Å². The third-order valence-electron chi connectivity index (χ3n) is 6.29. The summed E-state index contributed by atoms with van der Waals surface area (Å²) in [6, 6.07) is 16.3. The summed E-state index contributed by atoms with van der Waals surface area (Å²) >= 11 is 0. The maximum atomic E-state index is 13.2. The first-order chi connectivity index (χ1) is 16.4. The second kappa shape index (κ2) is 10.5. The average molecular weight is 459 g/mol. The number of nitrogens with zero attached hydrogens (tertiary/aromatic N) is 2. The molecule has 0 aromatic heterocycles. The molecule has 1 unspecified atom stereocenters. The zero-order valence-corrected chi connectivity index (χ0v) is 19.5. The number of hydrogen-bond acceptors (Lipinski definition) is 4. The van der Waals surface area contributed by atoms with Crippen LogP contribution in [0.3, 0.4) is 0 Å². The van der Waals surface area contributed by atoms with Crippen molar-refractivity contribution in [1.82, 2.24) is 10.6 Å². The van der Waals surface area contributed by atoms with Crippen molar-refractivity contribution in [3.8, 4) is 0 Å². The molecular weight excluding hydrogens is 428 g/mol. The van der Waals surface area contributed by atoms with Crippen LogP contribution in [-0.2, 0) is 14.4 Å². The Kier molecular flexibility index (Phi) is 7.21. The van der Waals surface area contributed by atoms with Gasteiger partial charge in [-0.2, -0.15) is 0 Å². The van der Waals surface area contributed by atoms with E-state index >= 15 is 0 Å². The number of likely N-dealkylation sites (N-methyl/N-ethyl adjacent to an activating group) is 1. The summed E-state index contributed by atoms with van der Waals surface area (Å²) in [7, 11) is 1.67. The molecule has 1 aliphatic heterocycles. The lowest BCUT2D eigenvalue weighted by Gasteiger charge is -2.22. The Labute approximate surface area is 200 Å². The summed E-state index contributed by atoms with van der Waals surface area (Å²) in [5, 5.41) is 5.48. The molecule has 34 heavy (non-hydrogen) atoms. The fraction of sp³-hybridized carbons (Fsp3) is 0.333. The summed E-state index contributed by atoms with van der Waals surface area (Å²) in [6.07, 6.45) is 6.45. The quantitative estimate of drug-likeness (QED) is 0.625. The lowest BCUT2D eigenvalue weighted by atomic mass is 10.0. The van der Waals surface area contributed by atoms with Gasteiger partial charge in [0, 0.05) is 24.6 Å². The van der Waals surface area contributed by atoms with E-state index in [-0.39, 0.29) is 11.8 Å². The largest absolute Gasteiger partial charge is 0.345 e. The molecule has 0 radical (unpaired) electrons. The summed E-state index contributed by atoms with van der Waals surface area (Å²) in [5.41, 5.74) is 3.00. The van der Waals surface area contributed by atoms with E-state index in [1.54, 1.807) is 14.0 Å². The standard InChI is InChI=1S/C27H30N4O3/c1-18(28-23(32)17-16-19-10-6-7-11-19)26(33)30-25-27(34)31(2)22-15-9-8-14-21(22)24(29-25)20-12-4-3-5-13-20/h3-6,8-10,12-15,18-19,25H,7,11,16-17H2,1-2H3,(H,28,32)(H,30,33)/t18-,19?,25+/m0/s1. The van der Waals surface area contributed by atoms with Crippen molar-refractivity contribution in [3.05, 3.63) is 77.9 Å². The smallest absolute Gasteiger partial charge is 0.272 e. The van der Waals surface area contributed by atoms with Crippen LogP contribution in [0.15, 0.2) is 71.7 Å². The fourth-order valence-electron chi connectivity index (χ4n) is 4.33. The maximum absolute atomic E-state index is 13.2. The number of amides is 3. The van der Waals surface area contributed by atoms with E-state index in [9.17, 15) is 14.4 Å². The number of aliphatic imine (C=N–C) groups is 1. The zero-order chi connectivity index (χ0) is 24.1. The number of hydrogen-bond donors (Lipinski definition) is 2. The van der Waals surface area contributed by atoms with Gasteiger partial charge in [0.15, 0.2) is 0 Å². The van der Waals surface area contributed by atoms with Crippen LogP contribution in [0.2, 0.25) is 0 Å². The average Bonchev–Trinajstić information content (AvgIpc) is 3.35. The molecular formula is C27H30N4O3. The molecule has 7 nitrogen and oxygen atoms in total. The summed E-state index contributed by atoms with van der Waals surface area (Å²) in [4.78, 5) is 44.7. The van der Waals surface area contributed by atoms with Crippen molar-refractivity contribution in [3.63, 3.8) is 0 Å². The fourth-order valence-corrected chi connectivity index (χ4v) is 4.33. The predicted molar refractivity (Wildman–Crippen MR) is 133 cm³/mol. The van der Waals surface area contributed by atoms with Crippen LogP contribution < -0.4 is 15.5 Å². The molecule has 176 valence electrons. The molecule has 2 aromatic rings. The van der Waals surface area contributed by atoms with Gasteiger partial charge in [-0.1, -0.05) is 60.7 Å². The molecule has 0 fully saturated rings. The molecule has 0 spiro atoms. The van der Waals surface area contributed by atoms with E-state index in [0.29, 0.717) is 23.7 Å². The van der Waals surface area contributed by atoms with Crippen molar-refractivity contribution in [2.45, 2.75) is 44.8 Å². The Hall–Kier alpha value is -3.74. The third kappa shape index (κ3) is 5.25. The van der Waals surface area contributed by atoms with Crippen LogP contribution in [-0.4, -0.2) is 42.7 Å². The third-order valence-corrected chi connectivity index (χ3v) is 6.29. The Morgan fingerprint density at radius 2 is 1.85 bits per heavy atom. The number of para-hydroxylation sites is 1. The van der Waals surface area contributed by atoms with E-state index < -0.39 is 18.1 Å². The number of rotatable bonds is 7. The van der Waals surface area contributed by atoms with E-state index in [2.05, 4.69) is 27.8 Å². The highest BCUT2D eigenvalue weighted by molar-refractivity contribution is 6.20. The minimum Gasteiger partial charge on any atom is -0.345 e. The first-order valence-electron chi connectivity index (χ1n) is 11.7. The Bertz CT molecular complexity index is 1130. The van der Waals surface area contributed by atoms with Gasteiger partial charge in [-0.05, 0) is 38.2 Å². The molecule has 1 heterocycles. The van der Waals surface area contributed by atoms with E-state index in [1.165, 1.54) is 4.90 Å². The molecule has 3 atom stereocenters. The van der Waals surface area contributed by atoms with Crippen molar-refractivity contribution in [2.75, 3.05) is 11.9 Å². The van der Waals surface area contributed by atoms with Gasteiger partial charge in [0.1, 0.15) is 6.04 Å². The second-order valence-electron chi connectivity index (χ2n) is 8.76. The van der Waals surface area contributed by atoms with Crippen molar-refractivity contribution in [1.29, 1.82) is 0 Å². The van der Waals surface area contributed by atoms with Gasteiger partial charge in [-0.25, -0.2) is 4.99 Å². The number of allylic oxidation sites excluding steroid dienone is 2. The highest BCUT2D eigenvalue weighted by atomic mass is 16.2. The highest BCUT2D eigenvalue weighted by Crippen LogP contribution is 2.27. The van der Waals surface area contributed by atoms with Gasteiger partial charge in [0.2, 0.25) is 18.0 Å². The molecule has 2 aromatic carbocycles.